The van der Waals surface area contributed by atoms with Gasteiger partial charge in [-0.05, 0) is 37.8 Å². The highest BCUT2D eigenvalue weighted by atomic mass is 127. The van der Waals surface area contributed by atoms with Crippen molar-refractivity contribution in [3.05, 3.63) is 29.3 Å². The van der Waals surface area contributed by atoms with E-state index in [1.165, 1.54) is 6.42 Å². The van der Waals surface area contributed by atoms with Crippen molar-refractivity contribution >= 4 is 41.5 Å². The van der Waals surface area contributed by atoms with Crippen molar-refractivity contribution in [1.29, 1.82) is 0 Å². The van der Waals surface area contributed by atoms with E-state index in [1.54, 1.807) is 7.05 Å². The van der Waals surface area contributed by atoms with E-state index in [0.717, 1.165) is 31.0 Å². The number of hydrogen-bond acceptors (Lipinski definition) is 3. The molecule has 2 aliphatic heterocycles. The predicted molar refractivity (Wildman–Crippen MR) is 112 cm³/mol. The van der Waals surface area contributed by atoms with Gasteiger partial charge in [-0.3, -0.25) is 4.99 Å². The fourth-order valence-corrected chi connectivity index (χ4v) is 3.54. The Hall–Kier alpha value is -0.730. The SMILES string of the molecule is CCC(CNC(=NC)NC1CC2CCC1O2)Oc1ccccc1Cl.I. The number of nitrogens with one attached hydrogen (secondary N) is 2. The van der Waals surface area contributed by atoms with Crippen molar-refractivity contribution < 1.29 is 9.47 Å². The Bertz CT molecular complexity index is 587. The van der Waals surface area contributed by atoms with Crippen LogP contribution < -0.4 is 15.4 Å². The number of nitrogens with zero attached hydrogens (tertiary/aromatic N) is 1. The van der Waals surface area contributed by atoms with E-state index >= 15 is 0 Å². The molecule has 2 saturated heterocycles. The van der Waals surface area contributed by atoms with E-state index in [4.69, 9.17) is 21.1 Å². The van der Waals surface area contributed by atoms with Gasteiger partial charge in [0.05, 0.1) is 29.8 Å². The number of rotatable bonds is 6. The fraction of sp³-hybridized carbons (Fsp3) is 0.611. The number of para-hydroxylation sites is 1. The molecule has 0 aliphatic carbocycles. The minimum absolute atomic E-state index is 0. The topological polar surface area (TPSA) is 54.9 Å². The highest BCUT2D eigenvalue weighted by Crippen LogP contribution is 2.34. The molecule has 0 radical (unpaired) electrons. The van der Waals surface area contributed by atoms with Crippen LogP contribution in [0.25, 0.3) is 0 Å². The zero-order valence-electron chi connectivity index (χ0n) is 14.7. The van der Waals surface area contributed by atoms with Gasteiger partial charge in [0.2, 0.25) is 0 Å². The van der Waals surface area contributed by atoms with Gasteiger partial charge in [-0.25, -0.2) is 0 Å². The number of ether oxygens (including phenoxy) is 2. The van der Waals surface area contributed by atoms with Gasteiger partial charge in [0, 0.05) is 7.05 Å². The van der Waals surface area contributed by atoms with Gasteiger partial charge in [-0.15, -0.1) is 24.0 Å². The minimum Gasteiger partial charge on any atom is -0.487 e. The number of guanidine groups is 1. The lowest BCUT2D eigenvalue weighted by Crippen LogP contribution is -2.49. The highest BCUT2D eigenvalue weighted by molar-refractivity contribution is 14.0. The molecule has 2 aliphatic rings. The second-order valence-electron chi connectivity index (χ2n) is 6.39. The molecular weight excluding hydrogens is 453 g/mol. The smallest absolute Gasteiger partial charge is 0.191 e. The third-order valence-electron chi connectivity index (χ3n) is 4.73. The number of halogens is 2. The lowest BCUT2D eigenvalue weighted by Gasteiger charge is -2.24. The van der Waals surface area contributed by atoms with Gasteiger partial charge in [-0.2, -0.15) is 0 Å². The summed E-state index contributed by atoms with van der Waals surface area (Å²) in [7, 11) is 1.79. The molecule has 3 rings (SSSR count). The Morgan fingerprint density at radius 3 is 2.80 bits per heavy atom. The van der Waals surface area contributed by atoms with Crippen LogP contribution in [0.1, 0.15) is 32.6 Å². The van der Waals surface area contributed by atoms with Gasteiger partial charge < -0.3 is 20.1 Å². The first-order chi connectivity index (χ1) is 11.7. The second-order valence-corrected chi connectivity index (χ2v) is 6.80. The molecule has 140 valence electrons. The molecule has 7 heteroatoms. The third kappa shape index (κ3) is 5.37. The molecule has 0 spiro atoms. The number of aliphatic imine (C=N–C) groups is 1. The zero-order valence-corrected chi connectivity index (χ0v) is 17.8. The predicted octanol–water partition coefficient (Wildman–Crippen LogP) is 3.60. The first kappa shape index (κ1) is 20.6. The van der Waals surface area contributed by atoms with E-state index in [1.807, 2.05) is 24.3 Å². The molecule has 2 N–H and O–H groups in total. The normalized spacial score (nSPS) is 26.0. The Labute approximate surface area is 171 Å². The molecule has 0 amide bonds. The van der Waals surface area contributed by atoms with E-state index in [0.29, 0.717) is 29.8 Å². The molecule has 2 heterocycles. The molecule has 0 saturated carbocycles. The average Bonchev–Trinajstić information content (AvgIpc) is 3.21. The molecule has 4 unspecified atom stereocenters. The van der Waals surface area contributed by atoms with Gasteiger partial charge in [-0.1, -0.05) is 30.7 Å². The summed E-state index contributed by atoms with van der Waals surface area (Å²) >= 11 is 6.17. The van der Waals surface area contributed by atoms with E-state index < -0.39 is 0 Å². The summed E-state index contributed by atoms with van der Waals surface area (Å²) in [6.07, 6.45) is 5.07. The Kier molecular flexibility index (Phi) is 8.09. The van der Waals surface area contributed by atoms with Crippen LogP contribution in [0, 0.1) is 0 Å². The number of fused-ring (bicyclic) bond motifs is 2. The van der Waals surface area contributed by atoms with Crippen LogP contribution in [-0.4, -0.2) is 43.9 Å². The summed E-state index contributed by atoms with van der Waals surface area (Å²) in [5, 5.41) is 7.48. The summed E-state index contributed by atoms with van der Waals surface area (Å²) in [5.74, 6) is 1.52. The maximum atomic E-state index is 6.17. The van der Waals surface area contributed by atoms with E-state index in [-0.39, 0.29) is 30.1 Å². The van der Waals surface area contributed by atoms with Crippen LogP contribution in [0.3, 0.4) is 0 Å². The zero-order chi connectivity index (χ0) is 16.9. The summed E-state index contributed by atoms with van der Waals surface area (Å²) < 4.78 is 11.9. The van der Waals surface area contributed by atoms with Crippen LogP contribution in [0.4, 0.5) is 0 Å². The van der Waals surface area contributed by atoms with Crippen LogP contribution in [-0.2, 0) is 4.74 Å². The van der Waals surface area contributed by atoms with Crippen molar-refractivity contribution in [1.82, 2.24) is 10.6 Å². The molecular formula is C18H27ClIN3O2. The minimum atomic E-state index is 0. The molecule has 4 atom stereocenters. The van der Waals surface area contributed by atoms with E-state index in [9.17, 15) is 0 Å². The van der Waals surface area contributed by atoms with Gasteiger partial charge in [0.25, 0.3) is 0 Å². The first-order valence-corrected chi connectivity index (χ1v) is 9.11. The lowest BCUT2D eigenvalue weighted by molar-refractivity contribution is 0.0992. The number of benzene rings is 1. The summed E-state index contributed by atoms with van der Waals surface area (Å²) in [5.41, 5.74) is 0. The average molecular weight is 480 g/mol. The van der Waals surface area contributed by atoms with Crippen LogP contribution >= 0.6 is 35.6 Å². The Balaban J connectivity index is 0.00000225. The maximum Gasteiger partial charge on any atom is 0.191 e. The quantitative estimate of drug-likeness (QED) is 0.372. The van der Waals surface area contributed by atoms with Crippen molar-refractivity contribution in [3.8, 4) is 5.75 Å². The molecule has 25 heavy (non-hydrogen) atoms. The van der Waals surface area contributed by atoms with Crippen molar-refractivity contribution in [2.45, 2.75) is 57.0 Å². The molecule has 0 aromatic heterocycles. The van der Waals surface area contributed by atoms with Crippen molar-refractivity contribution in [3.63, 3.8) is 0 Å². The largest absolute Gasteiger partial charge is 0.487 e. The van der Waals surface area contributed by atoms with E-state index in [2.05, 4.69) is 22.5 Å². The van der Waals surface area contributed by atoms with Crippen LogP contribution in [0.2, 0.25) is 5.02 Å². The van der Waals surface area contributed by atoms with Gasteiger partial charge >= 0.3 is 0 Å². The monoisotopic (exact) mass is 479 g/mol. The first-order valence-electron chi connectivity index (χ1n) is 8.73. The third-order valence-corrected chi connectivity index (χ3v) is 5.05. The molecule has 2 fully saturated rings. The summed E-state index contributed by atoms with van der Waals surface area (Å²) in [4.78, 5) is 4.32. The fourth-order valence-electron chi connectivity index (χ4n) is 3.36. The summed E-state index contributed by atoms with van der Waals surface area (Å²) in [6.45, 7) is 2.77. The number of hydrogen-bond donors (Lipinski definition) is 2. The van der Waals surface area contributed by atoms with Crippen molar-refractivity contribution in [2.24, 2.45) is 4.99 Å². The molecule has 5 nitrogen and oxygen atoms in total. The molecule has 1 aromatic carbocycles. The maximum absolute atomic E-state index is 6.17. The van der Waals surface area contributed by atoms with Crippen LogP contribution in [0.15, 0.2) is 29.3 Å². The Morgan fingerprint density at radius 1 is 1.40 bits per heavy atom. The van der Waals surface area contributed by atoms with Crippen LogP contribution in [0.5, 0.6) is 5.75 Å². The second kappa shape index (κ2) is 9.83. The summed E-state index contributed by atoms with van der Waals surface area (Å²) in [6, 6.07) is 7.92. The highest BCUT2D eigenvalue weighted by Gasteiger charge is 2.41. The van der Waals surface area contributed by atoms with Crippen molar-refractivity contribution in [2.75, 3.05) is 13.6 Å². The molecule has 1 aromatic rings. The lowest BCUT2D eigenvalue weighted by atomic mass is 9.96. The standard InChI is InChI=1S/C18H26ClN3O2.HI/c1-3-12(23-16-7-5-4-6-14(16)19)11-21-18(20-2)22-15-10-13-8-9-17(15)24-13;/h4-7,12-13,15,17H,3,8-11H2,1-2H3,(H2,20,21,22);1H. The molecule has 2 bridgehead atoms. The van der Waals surface area contributed by atoms with Gasteiger partial charge in [0.15, 0.2) is 5.96 Å². The van der Waals surface area contributed by atoms with Gasteiger partial charge in [0.1, 0.15) is 11.9 Å². The Morgan fingerprint density at radius 2 is 2.20 bits per heavy atom.